The third-order valence-electron chi connectivity index (χ3n) is 3.53. The average molecular weight is 302 g/mol. The number of ether oxygens (including phenoxy) is 1. The second-order valence-electron chi connectivity index (χ2n) is 4.99. The van der Waals surface area contributed by atoms with E-state index >= 15 is 0 Å². The molecule has 1 aromatic heterocycles. The van der Waals surface area contributed by atoms with Crippen LogP contribution in [-0.4, -0.2) is 24.0 Å². The molecular formula is C16H18N2O2S. The van der Waals surface area contributed by atoms with Crippen molar-refractivity contribution in [2.24, 2.45) is 0 Å². The zero-order chi connectivity index (χ0) is 14.8. The number of carbonyl (C=O) groups excluding carboxylic acids is 1. The predicted molar refractivity (Wildman–Crippen MR) is 85.1 cm³/mol. The lowest BCUT2D eigenvalue weighted by Crippen LogP contribution is -2.38. The van der Waals surface area contributed by atoms with Gasteiger partial charge in [-0.25, -0.2) is 4.98 Å². The second kappa shape index (κ2) is 5.85. The van der Waals surface area contributed by atoms with Crippen LogP contribution in [0.25, 0.3) is 11.3 Å². The lowest BCUT2D eigenvalue weighted by atomic mass is 10.1. The smallest absolute Gasteiger partial charge is 0.265 e. The molecule has 0 saturated carbocycles. The first-order valence-corrected chi connectivity index (χ1v) is 8.13. The molecule has 110 valence electrons. The number of hydrogen-bond acceptors (Lipinski definition) is 4. The van der Waals surface area contributed by atoms with E-state index < -0.39 is 0 Å². The second-order valence-corrected chi connectivity index (χ2v) is 5.93. The van der Waals surface area contributed by atoms with Crippen molar-refractivity contribution < 1.29 is 9.53 Å². The Balaban J connectivity index is 1.97. The van der Waals surface area contributed by atoms with E-state index in [9.17, 15) is 4.79 Å². The molecule has 0 radical (unpaired) electrons. The first kappa shape index (κ1) is 14.1. The summed E-state index contributed by atoms with van der Waals surface area (Å²) in [4.78, 5) is 18.3. The highest BCUT2D eigenvalue weighted by molar-refractivity contribution is 7.09. The zero-order valence-corrected chi connectivity index (χ0v) is 13.1. The van der Waals surface area contributed by atoms with Crippen molar-refractivity contribution in [1.82, 2.24) is 4.98 Å². The minimum Gasteiger partial charge on any atom is -0.482 e. The van der Waals surface area contributed by atoms with E-state index in [0.29, 0.717) is 6.54 Å². The number of thiazole rings is 1. The number of aromatic nitrogens is 1. The Morgan fingerprint density at radius 2 is 2.24 bits per heavy atom. The molecule has 4 nitrogen and oxygen atoms in total. The van der Waals surface area contributed by atoms with Gasteiger partial charge < -0.3 is 9.64 Å². The van der Waals surface area contributed by atoms with Crippen LogP contribution < -0.4 is 9.64 Å². The largest absolute Gasteiger partial charge is 0.482 e. The molecule has 0 atom stereocenters. The number of carbonyl (C=O) groups is 1. The van der Waals surface area contributed by atoms with Gasteiger partial charge in [-0.05, 0) is 38.0 Å². The summed E-state index contributed by atoms with van der Waals surface area (Å²) in [5.41, 5.74) is 2.85. The van der Waals surface area contributed by atoms with Crippen molar-refractivity contribution in [2.45, 2.75) is 26.7 Å². The summed E-state index contributed by atoms with van der Waals surface area (Å²) in [7, 11) is 0. The molecule has 21 heavy (non-hydrogen) atoms. The highest BCUT2D eigenvalue weighted by atomic mass is 32.1. The van der Waals surface area contributed by atoms with Crippen LogP contribution in [0.4, 0.5) is 5.69 Å². The van der Waals surface area contributed by atoms with Gasteiger partial charge in [0, 0.05) is 17.5 Å². The summed E-state index contributed by atoms with van der Waals surface area (Å²) in [6.45, 7) is 4.90. The molecule has 5 heteroatoms. The number of fused-ring (bicyclic) bond motifs is 1. The van der Waals surface area contributed by atoms with Crippen LogP contribution in [0.15, 0.2) is 23.6 Å². The quantitative estimate of drug-likeness (QED) is 0.868. The third-order valence-corrected chi connectivity index (χ3v) is 4.44. The van der Waals surface area contributed by atoms with Crippen molar-refractivity contribution in [1.29, 1.82) is 0 Å². The summed E-state index contributed by atoms with van der Waals surface area (Å²) in [5, 5.41) is 3.24. The maximum absolute atomic E-state index is 11.9. The standard InChI is InChI=1S/C16H18N2O2S/c1-3-5-15-17-12(10-21-15)11-6-7-14-13(8-11)18(4-2)16(19)9-20-14/h6-8,10H,3-5,9H2,1-2H3. The van der Waals surface area contributed by atoms with E-state index in [1.165, 1.54) is 0 Å². The first-order valence-electron chi connectivity index (χ1n) is 7.25. The molecule has 0 unspecified atom stereocenters. The fourth-order valence-corrected chi connectivity index (χ4v) is 3.39. The Labute approximate surface area is 128 Å². The molecule has 1 aromatic carbocycles. The van der Waals surface area contributed by atoms with Crippen molar-refractivity contribution >= 4 is 22.9 Å². The van der Waals surface area contributed by atoms with Gasteiger partial charge in [-0.3, -0.25) is 4.79 Å². The lowest BCUT2D eigenvalue weighted by Gasteiger charge is -2.28. The zero-order valence-electron chi connectivity index (χ0n) is 12.3. The fraction of sp³-hybridized carbons (Fsp3) is 0.375. The lowest BCUT2D eigenvalue weighted by molar-refractivity contribution is -0.121. The van der Waals surface area contributed by atoms with Gasteiger partial charge in [-0.1, -0.05) is 6.92 Å². The van der Waals surface area contributed by atoms with Crippen molar-refractivity contribution in [3.63, 3.8) is 0 Å². The summed E-state index contributed by atoms with van der Waals surface area (Å²) >= 11 is 1.69. The number of aryl methyl sites for hydroxylation is 1. The molecule has 1 aliphatic rings. The van der Waals surface area contributed by atoms with Gasteiger partial charge in [-0.15, -0.1) is 11.3 Å². The number of benzene rings is 1. The maximum Gasteiger partial charge on any atom is 0.265 e. The number of likely N-dealkylation sites (N-methyl/N-ethyl adjacent to an activating group) is 1. The number of hydrogen-bond donors (Lipinski definition) is 0. The topological polar surface area (TPSA) is 42.4 Å². The Bertz CT molecular complexity index is 666. The van der Waals surface area contributed by atoms with Gasteiger partial charge >= 0.3 is 0 Å². The molecule has 0 aliphatic carbocycles. The molecule has 0 spiro atoms. The minimum absolute atomic E-state index is 0.00657. The van der Waals surface area contributed by atoms with Gasteiger partial charge in [0.1, 0.15) is 5.75 Å². The van der Waals surface area contributed by atoms with Crippen molar-refractivity contribution in [3.8, 4) is 17.0 Å². The molecule has 2 aromatic rings. The molecule has 1 aliphatic heterocycles. The van der Waals surface area contributed by atoms with E-state index in [2.05, 4.69) is 17.3 Å². The average Bonchev–Trinajstić information content (AvgIpc) is 2.96. The van der Waals surface area contributed by atoms with Crippen LogP contribution in [0.3, 0.4) is 0 Å². The van der Waals surface area contributed by atoms with E-state index in [1.54, 1.807) is 16.2 Å². The molecule has 0 bridgehead atoms. The van der Waals surface area contributed by atoms with Crippen LogP contribution in [0.2, 0.25) is 0 Å². The van der Waals surface area contributed by atoms with Gasteiger partial charge in [0.2, 0.25) is 0 Å². The van der Waals surface area contributed by atoms with E-state index in [0.717, 1.165) is 40.5 Å². The monoisotopic (exact) mass is 302 g/mol. The highest BCUT2D eigenvalue weighted by Gasteiger charge is 2.24. The third kappa shape index (κ3) is 2.65. The first-order chi connectivity index (χ1) is 10.2. The number of anilines is 1. The Morgan fingerprint density at radius 3 is 3.00 bits per heavy atom. The van der Waals surface area contributed by atoms with E-state index in [1.807, 2.05) is 25.1 Å². The van der Waals surface area contributed by atoms with E-state index in [-0.39, 0.29) is 12.5 Å². The fourth-order valence-electron chi connectivity index (χ4n) is 2.48. The Hall–Kier alpha value is -1.88. The van der Waals surface area contributed by atoms with Crippen LogP contribution in [-0.2, 0) is 11.2 Å². The summed E-state index contributed by atoms with van der Waals surface area (Å²) in [5.74, 6) is 0.774. The number of amides is 1. The minimum atomic E-state index is 0.00657. The van der Waals surface area contributed by atoms with Crippen molar-refractivity contribution in [3.05, 3.63) is 28.6 Å². The predicted octanol–water partition coefficient (Wildman–Crippen LogP) is 3.51. The molecule has 0 saturated heterocycles. The van der Waals surface area contributed by atoms with Crippen LogP contribution in [0.5, 0.6) is 5.75 Å². The molecule has 1 amide bonds. The van der Waals surface area contributed by atoms with E-state index in [4.69, 9.17) is 4.74 Å². The molecule has 2 heterocycles. The van der Waals surface area contributed by atoms with Gasteiger partial charge in [0.05, 0.1) is 16.4 Å². The molecule has 3 rings (SSSR count). The molecule has 0 N–H and O–H groups in total. The maximum atomic E-state index is 11.9. The number of rotatable bonds is 4. The summed E-state index contributed by atoms with van der Waals surface area (Å²) < 4.78 is 5.49. The van der Waals surface area contributed by atoms with Gasteiger partial charge in [0.15, 0.2) is 6.61 Å². The van der Waals surface area contributed by atoms with Gasteiger partial charge in [0.25, 0.3) is 5.91 Å². The van der Waals surface area contributed by atoms with Crippen LogP contribution >= 0.6 is 11.3 Å². The number of nitrogens with zero attached hydrogens (tertiary/aromatic N) is 2. The van der Waals surface area contributed by atoms with Crippen LogP contribution in [0.1, 0.15) is 25.3 Å². The van der Waals surface area contributed by atoms with Gasteiger partial charge in [-0.2, -0.15) is 0 Å². The highest BCUT2D eigenvalue weighted by Crippen LogP contribution is 2.36. The van der Waals surface area contributed by atoms with Crippen LogP contribution in [0, 0.1) is 0 Å². The SMILES string of the molecule is CCCc1nc(-c2ccc3c(c2)N(CC)C(=O)CO3)cs1. The Morgan fingerprint density at radius 1 is 1.38 bits per heavy atom. The summed E-state index contributed by atoms with van der Waals surface area (Å²) in [6.07, 6.45) is 2.11. The summed E-state index contributed by atoms with van der Waals surface area (Å²) in [6, 6.07) is 5.94. The molecule has 0 fully saturated rings. The molecular weight excluding hydrogens is 284 g/mol. The Kier molecular flexibility index (Phi) is 3.92. The van der Waals surface area contributed by atoms with Crippen molar-refractivity contribution in [2.75, 3.05) is 18.1 Å². The normalized spacial score (nSPS) is 14.0.